The van der Waals surface area contributed by atoms with Crippen molar-refractivity contribution in [1.82, 2.24) is 5.32 Å². The van der Waals surface area contributed by atoms with E-state index in [2.05, 4.69) is 34.9 Å². The van der Waals surface area contributed by atoms with Gasteiger partial charge in [0.2, 0.25) is 5.91 Å². The SMILES string of the molecule is COc1cccc(NC(=O)[C@H](N[C@@H]2CCCc3ccccc32)c2ccccc2)c1. The van der Waals surface area contributed by atoms with E-state index in [0.29, 0.717) is 5.75 Å². The molecule has 0 heterocycles. The fraction of sp³-hybridized carbons (Fsp3) is 0.240. The maximum atomic E-state index is 13.3. The number of benzene rings is 3. The highest BCUT2D eigenvalue weighted by Gasteiger charge is 2.27. The number of nitrogens with one attached hydrogen (secondary N) is 2. The van der Waals surface area contributed by atoms with Gasteiger partial charge < -0.3 is 10.1 Å². The van der Waals surface area contributed by atoms with Gasteiger partial charge in [-0.3, -0.25) is 10.1 Å². The van der Waals surface area contributed by atoms with Crippen molar-refractivity contribution in [3.63, 3.8) is 0 Å². The van der Waals surface area contributed by atoms with Crippen LogP contribution in [-0.4, -0.2) is 13.0 Å². The molecular weight excluding hydrogens is 360 g/mol. The summed E-state index contributed by atoms with van der Waals surface area (Å²) in [6.07, 6.45) is 3.24. The summed E-state index contributed by atoms with van der Waals surface area (Å²) in [5.41, 5.74) is 4.35. The molecule has 2 atom stereocenters. The predicted molar refractivity (Wildman–Crippen MR) is 116 cm³/mol. The Morgan fingerprint density at radius 1 is 1.00 bits per heavy atom. The number of aryl methyl sites for hydroxylation is 1. The summed E-state index contributed by atoms with van der Waals surface area (Å²) in [5.74, 6) is 0.640. The van der Waals surface area contributed by atoms with E-state index >= 15 is 0 Å². The van der Waals surface area contributed by atoms with Gasteiger partial charge in [-0.2, -0.15) is 0 Å². The Balaban J connectivity index is 1.60. The molecule has 0 saturated heterocycles. The largest absolute Gasteiger partial charge is 0.497 e. The number of anilines is 1. The lowest BCUT2D eigenvalue weighted by molar-refractivity contribution is -0.118. The van der Waals surface area contributed by atoms with Crippen LogP contribution in [-0.2, 0) is 11.2 Å². The van der Waals surface area contributed by atoms with Crippen molar-refractivity contribution in [3.05, 3.63) is 95.6 Å². The maximum Gasteiger partial charge on any atom is 0.246 e. The Morgan fingerprint density at radius 3 is 2.62 bits per heavy atom. The van der Waals surface area contributed by atoms with Crippen LogP contribution in [0.3, 0.4) is 0 Å². The normalized spacial score (nSPS) is 16.5. The number of hydrogen-bond acceptors (Lipinski definition) is 3. The molecule has 2 N–H and O–H groups in total. The van der Waals surface area contributed by atoms with E-state index in [0.717, 1.165) is 30.5 Å². The average molecular weight is 386 g/mol. The fourth-order valence-corrected chi connectivity index (χ4v) is 4.01. The molecule has 4 heteroatoms. The number of carbonyl (C=O) groups is 1. The molecule has 0 bridgehead atoms. The maximum absolute atomic E-state index is 13.3. The van der Waals surface area contributed by atoms with E-state index in [4.69, 9.17) is 4.74 Å². The second kappa shape index (κ2) is 8.93. The number of rotatable bonds is 6. The molecule has 0 saturated carbocycles. The number of methoxy groups -OCH3 is 1. The number of carbonyl (C=O) groups excluding carboxylic acids is 1. The van der Waals surface area contributed by atoms with Gasteiger partial charge in [0.15, 0.2) is 0 Å². The molecule has 29 heavy (non-hydrogen) atoms. The molecule has 0 aromatic heterocycles. The first kappa shape index (κ1) is 19.2. The van der Waals surface area contributed by atoms with Gasteiger partial charge in [0, 0.05) is 17.8 Å². The third-order valence-electron chi connectivity index (χ3n) is 5.47. The van der Waals surface area contributed by atoms with Gasteiger partial charge in [-0.25, -0.2) is 0 Å². The first-order chi connectivity index (χ1) is 14.2. The molecule has 1 amide bonds. The summed E-state index contributed by atoms with van der Waals surface area (Å²) in [4.78, 5) is 13.3. The van der Waals surface area contributed by atoms with Crippen molar-refractivity contribution in [1.29, 1.82) is 0 Å². The van der Waals surface area contributed by atoms with Gasteiger partial charge in [-0.05, 0) is 48.1 Å². The van der Waals surface area contributed by atoms with E-state index in [9.17, 15) is 4.79 Å². The highest BCUT2D eigenvalue weighted by molar-refractivity contribution is 5.95. The molecule has 0 fully saturated rings. The quantitative estimate of drug-likeness (QED) is 0.624. The summed E-state index contributed by atoms with van der Waals surface area (Å²) < 4.78 is 5.28. The summed E-state index contributed by atoms with van der Waals surface area (Å²) >= 11 is 0. The second-order valence-electron chi connectivity index (χ2n) is 7.38. The number of hydrogen-bond donors (Lipinski definition) is 2. The highest BCUT2D eigenvalue weighted by Crippen LogP contribution is 2.32. The van der Waals surface area contributed by atoms with Gasteiger partial charge in [-0.1, -0.05) is 60.7 Å². The van der Waals surface area contributed by atoms with Gasteiger partial charge in [0.05, 0.1) is 7.11 Å². The van der Waals surface area contributed by atoms with Crippen LogP contribution in [0.2, 0.25) is 0 Å². The molecule has 3 aromatic carbocycles. The van der Waals surface area contributed by atoms with Crippen LogP contribution >= 0.6 is 0 Å². The first-order valence-electron chi connectivity index (χ1n) is 10.1. The summed E-state index contributed by atoms with van der Waals surface area (Å²) in [7, 11) is 1.62. The predicted octanol–water partition coefficient (Wildman–Crippen LogP) is 5.04. The Bertz CT molecular complexity index is 971. The van der Waals surface area contributed by atoms with Crippen molar-refractivity contribution in [2.45, 2.75) is 31.3 Å². The molecule has 1 aliphatic carbocycles. The lowest BCUT2D eigenvalue weighted by atomic mass is 9.87. The summed E-state index contributed by atoms with van der Waals surface area (Å²) in [6, 6.07) is 25.6. The fourth-order valence-electron chi connectivity index (χ4n) is 4.01. The van der Waals surface area contributed by atoms with Gasteiger partial charge >= 0.3 is 0 Å². The molecule has 148 valence electrons. The topological polar surface area (TPSA) is 50.4 Å². The zero-order valence-corrected chi connectivity index (χ0v) is 16.6. The van der Waals surface area contributed by atoms with Crippen LogP contribution in [0.4, 0.5) is 5.69 Å². The van der Waals surface area contributed by atoms with Crippen LogP contribution in [0.15, 0.2) is 78.9 Å². The van der Waals surface area contributed by atoms with Gasteiger partial charge in [0.25, 0.3) is 0 Å². The first-order valence-corrected chi connectivity index (χ1v) is 10.1. The third kappa shape index (κ3) is 4.49. The molecule has 4 nitrogen and oxygen atoms in total. The van der Waals surface area contributed by atoms with Crippen molar-refractivity contribution >= 4 is 11.6 Å². The molecule has 0 spiro atoms. The molecule has 0 radical (unpaired) electrons. The average Bonchev–Trinajstić information content (AvgIpc) is 2.78. The van der Waals surface area contributed by atoms with Crippen molar-refractivity contribution in [3.8, 4) is 5.75 Å². The number of amides is 1. The van der Waals surface area contributed by atoms with Crippen molar-refractivity contribution < 1.29 is 9.53 Å². The van der Waals surface area contributed by atoms with Crippen LogP contribution in [0.1, 0.15) is 41.6 Å². The van der Waals surface area contributed by atoms with E-state index in [1.54, 1.807) is 7.11 Å². The summed E-state index contributed by atoms with van der Waals surface area (Å²) in [6.45, 7) is 0. The van der Waals surface area contributed by atoms with Crippen LogP contribution < -0.4 is 15.4 Å². The van der Waals surface area contributed by atoms with Crippen molar-refractivity contribution in [2.24, 2.45) is 0 Å². The Labute approximate surface area is 171 Å². The third-order valence-corrected chi connectivity index (χ3v) is 5.47. The monoisotopic (exact) mass is 386 g/mol. The lowest BCUT2D eigenvalue weighted by Crippen LogP contribution is -2.36. The minimum absolute atomic E-state index is 0.0764. The zero-order chi connectivity index (χ0) is 20.1. The minimum Gasteiger partial charge on any atom is -0.497 e. The van der Waals surface area contributed by atoms with E-state index < -0.39 is 6.04 Å². The van der Waals surface area contributed by atoms with E-state index in [-0.39, 0.29) is 11.9 Å². The van der Waals surface area contributed by atoms with Crippen LogP contribution in [0.5, 0.6) is 5.75 Å². The molecule has 0 aliphatic heterocycles. The van der Waals surface area contributed by atoms with Gasteiger partial charge in [0.1, 0.15) is 11.8 Å². The minimum atomic E-state index is -0.446. The molecule has 3 aromatic rings. The highest BCUT2D eigenvalue weighted by atomic mass is 16.5. The molecule has 1 aliphatic rings. The summed E-state index contributed by atoms with van der Waals surface area (Å²) in [5, 5.41) is 6.68. The van der Waals surface area contributed by atoms with Gasteiger partial charge in [-0.15, -0.1) is 0 Å². The second-order valence-corrected chi connectivity index (χ2v) is 7.38. The number of ether oxygens (including phenoxy) is 1. The Morgan fingerprint density at radius 2 is 1.79 bits per heavy atom. The standard InChI is InChI=1S/C25H26N2O2/c1-29-21-14-8-13-20(17-21)26-25(28)24(19-10-3-2-4-11-19)27-23-16-7-12-18-9-5-6-15-22(18)23/h2-6,8-11,13-15,17,23-24,27H,7,12,16H2,1H3,(H,26,28)/t23-,24-/m1/s1. The zero-order valence-electron chi connectivity index (χ0n) is 16.6. The molecule has 0 unspecified atom stereocenters. The van der Waals surface area contributed by atoms with Crippen LogP contribution in [0, 0.1) is 0 Å². The smallest absolute Gasteiger partial charge is 0.246 e. The number of fused-ring (bicyclic) bond motifs is 1. The van der Waals surface area contributed by atoms with Crippen LogP contribution in [0.25, 0.3) is 0 Å². The van der Waals surface area contributed by atoms with E-state index in [1.165, 1.54) is 11.1 Å². The molecular formula is C25H26N2O2. The lowest BCUT2D eigenvalue weighted by Gasteiger charge is -2.30. The molecule has 4 rings (SSSR count). The van der Waals surface area contributed by atoms with E-state index in [1.807, 2.05) is 54.6 Å². The Kier molecular flexibility index (Phi) is 5.92. The Hall–Kier alpha value is -3.11. The van der Waals surface area contributed by atoms with Crippen molar-refractivity contribution in [2.75, 3.05) is 12.4 Å².